The standard InChI is InChI=1S/C19H36N4O/c1-3-4-5-6-7-15-10-18(17(20)11-21-15)23-9-8-14-12-22(2)19(24)16(14)13-23/h14-18,21H,3-13,20H2,1-2H3/t14-,15?,16-,17?,18?/m0/s1. The first-order valence-corrected chi connectivity index (χ1v) is 10.1. The van der Waals surface area contributed by atoms with Crippen molar-refractivity contribution in [2.24, 2.45) is 17.6 Å². The van der Waals surface area contributed by atoms with Gasteiger partial charge in [-0.3, -0.25) is 9.69 Å². The summed E-state index contributed by atoms with van der Waals surface area (Å²) in [6.45, 7) is 6.18. The van der Waals surface area contributed by atoms with Crippen LogP contribution in [0, 0.1) is 11.8 Å². The summed E-state index contributed by atoms with van der Waals surface area (Å²) in [6.07, 6.45) is 8.88. The molecule has 5 heteroatoms. The largest absolute Gasteiger partial charge is 0.345 e. The second kappa shape index (κ2) is 8.15. The predicted molar refractivity (Wildman–Crippen MR) is 97.7 cm³/mol. The Labute approximate surface area is 147 Å². The Morgan fingerprint density at radius 3 is 2.88 bits per heavy atom. The summed E-state index contributed by atoms with van der Waals surface area (Å²) >= 11 is 0. The first-order valence-electron chi connectivity index (χ1n) is 10.1. The number of fused-ring (bicyclic) bond motifs is 1. The Morgan fingerprint density at radius 2 is 2.08 bits per heavy atom. The van der Waals surface area contributed by atoms with Crippen LogP contribution in [0.4, 0.5) is 0 Å². The zero-order valence-corrected chi connectivity index (χ0v) is 15.5. The molecule has 1 amide bonds. The van der Waals surface area contributed by atoms with Crippen molar-refractivity contribution < 1.29 is 4.79 Å². The summed E-state index contributed by atoms with van der Waals surface area (Å²) in [5.41, 5.74) is 6.45. The molecular formula is C19H36N4O. The third kappa shape index (κ3) is 3.94. The van der Waals surface area contributed by atoms with Crippen LogP contribution in [0.3, 0.4) is 0 Å². The molecule has 0 radical (unpaired) electrons. The smallest absolute Gasteiger partial charge is 0.227 e. The molecule has 3 aliphatic rings. The molecule has 138 valence electrons. The van der Waals surface area contributed by atoms with Crippen molar-refractivity contribution in [3.63, 3.8) is 0 Å². The number of rotatable bonds is 6. The molecule has 5 atom stereocenters. The van der Waals surface area contributed by atoms with Crippen LogP contribution in [0.2, 0.25) is 0 Å². The maximum absolute atomic E-state index is 12.4. The summed E-state index contributed by atoms with van der Waals surface area (Å²) in [4.78, 5) is 16.8. The molecule has 3 heterocycles. The molecule has 3 rings (SSSR count). The van der Waals surface area contributed by atoms with Gasteiger partial charge in [-0.05, 0) is 31.7 Å². The van der Waals surface area contributed by atoms with Crippen molar-refractivity contribution >= 4 is 5.91 Å². The zero-order chi connectivity index (χ0) is 17.1. The Balaban J connectivity index is 1.53. The van der Waals surface area contributed by atoms with Gasteiger partial charge in [0.05, 0.1) is 5.92 Å². The van der Waals surface area contributed by atoms with Crippen molar-refractivity contribution in [1.29, 1.82) is 0 Å². The molecule has 0 aromatic heterocycles. The number of amides is 1. The van der Waals surface area contributed by atoms with E-state index >= 15 is 0 Å². The lowest BCUT2D eigenvalue weighted by atomic mass is 9.84. The molecule has 0 aliphatic carbocycles. The molecule has 0 spiro atoms. The van der Waals surface area contributed by atoms with Crippen molar-refractivity contribution in [1.82, 2.24) is 15.1 Å². The van der Waals surface area contributed by atoms with E-state index in [4.69, 9.17) is 5.73 Å². The van der Waals surface area contributed by atoms with Gasteiger partial charge in [-0.15, -0.1) is 0 Å². The van der Waals surface area contributed by atoms with E-state index in [0.29, 0.717) is 23.9 Å². The fraction of sp³-hybridized carbons (Fsp3) is 0.947. The lowest BCUT2D eigenvalue weighted by Gasteiger charge is -2.45. The molecule has 3 fully saturated rings. The molecule has 0 aromatic carbocycles. The van der Waals surface area contributed by atoms with E-state index in [9.17, 15) is 4.79 Å². The molecular weight excluding hydrogens is 300 g/mol. The van der Waals surface area contributed by atoms with Crippen molar-refractivity contribution in [2.45, 2.75) is 70.0 Å². The van der Waals surface area contributed by atoms with E-state index in [0.717, 1.165) is 39.0 Å². The van der Waals surface area contributed by atoms with Gasteiger partial charge in [-0.1, -0.05) is 32.6 Å². The lowest BCUT2D eigenvalue weighted by Crippen LogP contribution is -2.62. The van der Waals surface area contributed by atoms with Crippen LogP contribution in [0.5, 0.6) is 0 Å². The number of nitrogens with two attached hydrogens (primary N) is 1. The van der Waals surface area contributed by atoms with E-state index in [1.54, 1.807) is 0 Å². The topological polar surface area (TPSA) is 61.6 Å². The average molecular weight is 337 g/mol. The molecule has 5 nitrogen and oxygen atoms in total. The molecule has 3 aliphatic heterocycles. The number of nitrogens with one attached hydrogen (secondary N) is 1. The van der Waals surface area contributed by atoms with Gasteiger partial charge < -0.3 is 16.0 Å². The van der Waals surface area contributed by atoms with Gasteiger partial charge in [0.15, 0.2) is 0 Å². The summed E-state index contributed by atoms with van der Waals surface area (Å²) in [5.74, 6) is 1.14. The minimum Gasteiger partial charge on any atom is -0.345 e. The van der Waals surface area contributed by atoms with Crippen LogP contribution in [0.15, 0.2) is 0 Å². The second-order valence-electron chi connectivity index (χ2n) is 8.29. The van der Waals surface area contributed by atoms with Gasteiger partial charge >= 0.3 is 0 Å². The number of hydrogen-bond acceptors (Lipinski definition) is 4. The second-order valence-corrected chi connectivity index (χ2v) is 8.29. The van der Waals surface area contributed by atoms with Crippen LogP contribution in [-0.4, -0.2) is 67.1 Å². The minimum atomic E-state index is 0.197. The highest BCUT2D eigenvalue weighted by Crippen LogP contribution is 2.33. The lowest BCUT2D eigenvalue weighted by molar-refractivity contribution is -0.131. The van der Waals surface area contributed by atoms with Crippen molar-refractivity contribution in [3.05, 3.63) is 0 Å². The Morgan fingerprint density at radius 1 is 1.25 bits per heavy atom. The van der Waals surface area contributed by atoms with Crippen molar-refractivity contribution in [2.75, 3.05) is 33.2 Å². The van der Waals surface area contributed by atoms with Crippen LogP contribution in [-0.2, 0) is 4.79 Å². The van der Waals surface area contributed by atoms with Gasteiger partial charge in [-0.2, -0.15) is 0 Å². The van der Waals surface area contributed by atoms with Gasteiger partial charge in [0.25, 0.3) is 0 Å². The van der Waals surface area contributed by atoms with Gasteiger partial charge in [-0.25, -0.2) is 0 Å². The number of carbonyl (C=O) groups excluding carboxylic acids is 1. The molecule has 3 saturated heterocycles. The Bertz CT molecular complexity index is 430. The number of unbranched alkanes of at least 4 members (excludes halogenated alkanes) is 3. The first-order chi connectivity index (χ1) is 11.6. The van der Waals surface area contributed by atoms with E-state index in [2.05, 4.69) is 17.1 Å². The fourth-order valence-electron chi connectivity index (χ4n) is 5.00. The van der Waals surface area contributed by atoms with Gasteiger partial charge in [0.1, 0.15) is 0 Å². The number of likely N-dealkylation sites (tertiary alicyclic amines) is 2. The quantitative estimate of drug-likeness (QED) is 0.720. The zero-order valence-electron chi connectivity index (χ0n) is 15.5. The molecule has 3 unspecified atom stereocenters. The van der Waals surface area contributed by atoms with Crippen LogP contribution in [0.25, 0.3) is 0 Å². The highest BCUT2D eigenvalue weighted by Gasteiger charge is 2.44. The highest BCUT2D eigenvalue weighted by atomic mass is 16.2. The van der Waals surface area contributed by atoms with Crippen LogP contribution in [0.1, 0.15) is 51.9 Å². The Kier molecular flexibility index (Phi) is 6.17. The molecule has 0 saturated carbocycles. The number of carbonyl (C=O) groups is 1. The summed E-state index contributed by atoms with van der Waals surface area (Å²) in [5, 5.41) is 3.65. The Hall–Kier alpha value is -0.650. The van der Waals surface area contributed by atoms with E-state index in [1.165, 1.54) is 32.1 Å². The maximum Gasteiger partial charge on any atom is 0.227 e. The summed E-state index contributed by atoms with van der Waals surface area (Å²) in [7, 11) is 1.95. The van der Waals surface area contributed by atoms with Crippen LogP contribution < -0.4 is 11.1 Å². The SMILES string of the molecule is CCCCCCC1CC(N2CC[C@H]3CN(C)C(=O)[C@H]3C2)C(N)CN1. The number of piperidine rings is 2. The van der Waals surface area contributed by atoms with Gasteiger partial charge in [0, 0.05) is 44.8 Å². The fourth-order valence-corrected chi connectivity index (χ4v) is 5.00. The van der Waals surface area contributed by atoms with Crippen molar-refractivity contribution in [3.8, 4) is 0 Å². The maximum atomic E-state index is 12.4. The number of nitrogens with zero attached hydrogens (tertiary/aromatic N) is 2. The summed E-state index contributed by atoms with van der Waals surface area (Å²) in [6, 6.07) is 1.25. The first kappa shape index (κ1) is 18.2. The van der Waals surface area contributed by atoms with E-state index in [-0.39, 0.29) is 12.0 Å². The molecule has 0 bridgehead atoms. The third-order valence-corrected chi connectivity index (χ3v) is 6.53. The predicted octanol–water partition coefficient (Wildman–Crippen LogP) is 1.42. The van der Waals surface area contributed by atoms with E-state index in [1.807, 2.05) is 11.9 Å². The summed E-state index contributed by atoms with van der Waals surface area (Å²) < 4.78 is 0. The van der Waals surface area contributed by atoms with Crippen LogP contribution >= 0.6 is 0 Å². The average Bonchev–Trinajstić information content (AvgIpc) is 2.87. The molecule has 3 N–H and O–H groups in total. The normalized spacial score (nSPS) is 37.7. The minimum absolute atomic E-state index is 0.197. The molecule has 0 aromatic rings. The molecule has 24 heavy (non-hydrogen) atoms. The number of hydrogen-bond donors (Lipinski definition) is 2. The van der Waals surface area contributed by atoms with Gasteiger partial charge in [0.2, 0.25) is 5.91 Å². The third-order valence-electron chi connectivity index (χ3n) is 6.53. The van der Waals surface area contributed by atoms with E-state index < -0.39 is 0 Å². The monoisotopic (exact) mass is 336 g/mol. The highest BCUT2D eigenvalue weighted by molar-refractivity contribution is 5.81.